The highest BCUT2D eigenvalue weighted by molar-refractivity contribution is 7.89. The largest absolute Gasteiger partial charge is 0.243 e. The van der Waals surface area contributed by atoms with Crippen molar-refractivity contribution in [3.63, 3.8) is 0 Å². The van der Waals surface area contributed by atoms with Gasteiger partial charge in [-0.2, -0.15) is 4.31 Å². The highest BCUT2D eigenvalue weighted by Gasteiger charge is 2.25. The summed E-state index contributed by atoms with van der Waals surface area (Å²) in [6, 6.07) is 21.5. The third kappa shape index (κ3) is 5.47. The van der Waals surface area contributed by atoms with Crippen LogP contribution in [0.4, 0.5) is 0 Å². The molecule has 30 heavy (non-hydrogen) atoms. The van der Waals surface area contributed by atoms with Gasteiger partial charge in [-0.15, -0.1) is 0 Å². The molecule has 0 aliphatic heterocycles. The fourth-order valence-corrected chi connectivity index (χ4v) is 5.08. The molecule has 3 rings (SSSR count). The summed E-state index contributed by atoms with van der Waals surface area (Å²) in [6.07, 6.45) is 0.514. The molecule has 0 fully saturated rings. The topological polar surface area (TPSA) is 97.5 Å². The van der Waals surface area contributed by atoms with Gasteiger partial charge in [0, 0.05) is 18.1 Å². The van der Waals surface area contributed by atoms with E-state index in [9.17, 15) is 16.8 Å². The molecule has 2 N–H and O–H groups in total. The maximum atomic E-state index is 13.3. The lowest BCUT2D eigenvalue weighted by Gasteiger charge is -2.23. The van der Waals surface area contributed by atoms with E-state index < -0.39 is 20.0 Å². The summed E-state index contributed by atoms with van der Waals surface area (Å²) in [5.74, 6) is 0. The molecular formula is C21H21ClN2O4S2. The van der Waals surface area contributed by atoms with Gasteiger partial charge in [0.25, 0.3) is 0 Å². The zero-order valence-electron chi connectivity index (χ0n) is 16.0. The van der Waals surface area contributed by atoms with Gasteiger partial charge in [0.1, 0.15) is 0 Å². The van der Waals surface area contributed by atoms with E-state index in [1.54, 1.807) is 24.3 Å². The molecule has 0 aromatic heterocycles. The van der Waals surface area contributed by atoms with Crippen LogP contribution in [-0.2, 0) is 33.0 Å². The van der Waals surface area contributed by atoms with Crippen LogP contribution < -0.4 is 5.14 Å². The second-order valence-electron chi connectivity index (χ2n) is 6.68. The van der Waals surface area contributed by atoms with Crippen molar-refractivity contribution >= 4 is 31.6 Å². The first-order valence-corrected chi connectivity index (χ1v) is 12.4. The van der Waals surface area contributed by atoms with E-state index in [4.69, 9.17) is 16.7 Å². The average molecular weight is 465 g/mol. The first kappa shape index (κ1) is 22.5. The van der Waals surface area contributed by atoms with Gasteiger partial charge in [-0.1, -0.05) is 60.1 Å². The number of hydrogen-bond donors (Lipinski definition) is 1. The lowest BCUT2D eigenvalue weighted by molar-refractivity contribution is 0.409. The molecule has 9 heteroatoms. The lowest BCUT2D eigenvalue weighted by Crippen LogP contribution is -2.32. The average Bonchev–Trinajstić information content (AvgIpc) is 2.72. The fourth-order valence-electron chi connectivity index (χ4n) is 2.95. The molecule has 0 bridgehead atoms. The fraction of sp³-hybridized carbons (Fsp3) is 0.143. The number of nitrogens with two attached hydrogens (primary N) is 1. The summed E-state index contributed by atoms with van der Waals surface area (Å²) in [5, 5.41) is 5.58. The predicted octanol–water partition coefficient (Wildman–Crippen LogP) is 3.42. The number of hydrogen-bond acceptors (Lipinski definition) is 4. The first-order chi connectivity index (χ1) is 14.2. The molecule has 3 aromatic rings. The van der Waals surface area contributed by atoms with Crippen LogP contribution in [0.15, 0.2) is 88.7 Å². The Morgan fingerprint density at radius 1 is 0.767 bits per heavy atom. The summed E-state index contributed by atoms with van der Waals surface area (Å²) in [7, 11) is -7.82. The quantitative estimate of drug-likeness (QED) is 0.552. The van der Waals surface area contributed by atoms with Crippen molar-refractivity contribution in [3.8, 4) is 0 Å². The molecule has 0 amide bonds. The standard InChI is InChI=1S/C21H21ClN2O4S2/c22-21-9-5-4-8-18(21)16-24(15-14-17-6-2-1-3-7-17)30(27,28)20-12-10-19(11-13-20)29(23,25)26/h1-13H,14-16H2,(H2,23,25,26). The monoisotopic (exact) mass is 464 g/mol. The van der Waals surface area contributed by atoms with E-state index in [0.717, 1.165) is 5.56 Å². The van der Waals surface area contributed by atoms with Crippen LogP contribution in [0.3, 0.4) is 0 Å². The van der Waals surface area contributed by atoms with Gasteiger partial charge >= 0.3 is 0 Å². The molecule has 0 radical (unpaired) electrons. The number of primary sulfonamides is 1. The molecule has 158 valence electrons. The summed E-state index contributed by atoms with van der Waals surface area (Å²) in [4.78, 5) is -0.168. The van der Waals surface area contributed by atoms with Gasteiger partial charge in [-0.3, -0.25) is 0 Å². The smallest absolute Gasteiger partial charge is 0.225 e. The highest BCUT2D eigenvalue weighted by atomic mass is 35.5. The Morgan fingerprint density at radius 2 is 1.33 bits per heavy atom. The minimum Gasteiger partial charge on any atom is -0.225 e. The van der Waals surface area contributed by atoms with Crippen molar-refractivity contribution in [1.29, 1.82) is 0 Å². The third-order valence-electron chi connectivity index (χ3n) is 4.59. The Kier molecular flexibility index (Phi) is 6.95. The maximum Gasteiger partial charge on any atom is 0.243 e. The first-order valence-electron chi connectivity index (χ1n) is 9.08. The zero-order chi connectivity index (χ0) is 21.8. The van der Waals surface area contributed by atoms with Crippen LogP contribution in [0.5, 0.6) is 0 Å². The van der Waals surface area contributed by atoms with Crippen molar-refractivity contribution in [1.82, 2.24) is 4.31 Å². The number of halogens is 1. The summed E-state index contributed by atoms with van der Waals surface area (Å²) < 4.78 is 50.9. The second-order valence-corrected chi connectivity index (χ2v) is 10.6. The molecule has 0 heterocycles. The van der Waals surface area contributed by atoms with E-state index in [0.29, 0.717) is 17.0 Å². The van der Waals surface area contributed by atoms with Crippen LogP contribution in [0.2, 0.25) is 5.02 Å². The molecule has 3 aromatic carbocycles. The molecule has 0 aliphatic rings. The predicted molar refractivity (Wildman–Crippen MR) is 117 cm³/mol. The maximum absolute atomic E-state index is 13.3. The molecule has 0 saturated carbocycles. The molecule has 0 spiro atoms. The van der Waals surface area contributed by atoms with E-state index in [2.05, 4.69) is 0 Å². The summed E-state index contributed by atoms with van der Waals surface area (Å²) in [5.41, 5.74) is 1.68. The van der Waals surface area contributed by atoms with Crippen LogP contribution >= 0.6 is 11.6 Å². The third-order valence-corrected chi connectivity index (χ3v) is 7.74. The van der Waals surface area contributed by atoms with E-state index >= 15 is 0 Å². The number of rotatable bonds is 8. The Morgan fingerprint density at radius 3 is 1.93 bits per heavy atom. The van der Waals surface area contributed by atoms with Gasteiger partial charge in [0.15, 0.2) is 0 Å². The SMILES string of the molecule is NS(=O)(=O)c1ccc(S(=O)(=O)N(CCc2ccccc2)Cc2ccccc2Cl)cc1. The van der Waals surface area contributed by atoms with Gasteiger partial charge in [-0.25, -0.2) is 22.0 Å². The molecule has 6 nitrogen and oxygen atoms in total. The molecule has 0 atom stereocenters. The molecule has 0 saturated heterocycles. The summed E-state index contributed by atoms with van der Waals surface area (Å²) in [6.45, 7) is 0.320. The number of nitrogens with zero attached hydrogens (tertiary/aromatic N) is 1. The Balaban J connectivity index is 1.93. The minimum absolute atomic E-state index is 0.0185. The van der Waals surface area contributed by atoms with Crippen LogP contribution in [0.1, 0.15) is 11.1 Å². The normalized spacial score (nSPS) is 12.2. The second kappa shape index (κ2) is 9.28. The van der Waals surface area contributed by atoms with Crippen molar-refractivity contribution in [2.45, 2.75) is 22.8 Å². The minimum atomic E-state index is -3.91. The van der Waals surface area contributed by atoms with E-state index in [1.165, 1.54) is 28.6 Å². The van der Waals surface area contributed by atoms with Gasteiger partial charge in [0.2, 0.25) is 20.0 Å². The number of sulfonamides is 2. The zero-order valence-corrected chi connectivity index (χ0v) is 18.4. The highest BCUT2D eigenvalue weighted by Crippen LogP contribution is 2.24. The summed E-state index contributed by atoms with van der Waals surface area (Å²) >= 11 is 6.25. The molecule has 0 unspecified atom stereocenters. The number of benzene rings is 3. The van der Waals surface area contributed by atoms with Crippen LogP contribution in [-0.4, -0.2) is 27.7 Å². The lowest BCUT2D eigenvalue weighted by atomic mass is 10.1. The van der Waals surface area contributed by atoms with Crippen molar-refractivity contribution in [2.24, 2.45) is 5.14 Å². The Bertz CT molecular complexity index is 1210. The molecule has 0 aliphatic carbocycles. The van der Waals surface area contributed by atoms with Crippen LogP contribution in [0, 0.1) is 0 Å². The van der Waals surface area contributed by atoms with Crippen molar-refractivity contribution < 1.29 is 16.8 Å². The van der Waals surface area contributed by atoms with Gasteiger partial charge < -0.3 is 0 Å². The van der Waals surface area contributed by atoms with Crippen LogP contribution in [0.25, 0.3) is 0 Å². The molecular weight excluding hydrogens is 444 g/mol. The van der Waals surface area contributed by atoms with E-state index in [-0.39, 0.29) is 22.9 Å². The van der Waals surface area contributed by atoms with Crippen molar-refractivity contribution in [3.05, 3.63) is 95.0 Å². The Labute approximate surface area is 182 Å². The van der Waals surface area contributed by atoms with Gasteiger partial charge in [0.05, 0.1) is 9.79 Å². The Hall–Kier alpha value is -2.23. The van der Waals surface area contributed by atoms with E-state index in [1.807, 2.05) is 30.3 Å². The van der Waals surface area contributed by atoms with Gasteiger partial charge in [-0.05, 0) is 47.9 Å². The van der Waals surface area contributed by atoms with Crippen molar-refractivity contribution in [2.75, 3.05) is 6.54 Å².